The number of ether oxygens (including phenoxy) is 2. The van der Waals surface area contributed by atoms with Gasteiger partial charge in [0.1, 0.15) is 0 Å². The van der Waals surface area contributed by atoms with Crippen LogP contribution in [0, 0.1) is 5.82 Å². The summed E-state index contributed by atoms with van der Waals surface area (Å²) in [6.45, 7) is 1.49. The molecule has 1 aromatic rings. The Morgan fingerprint density at radius 2 is 2.20 bits per heavy atom. The molecule has 0 aliphatic rings. The summed E-state index contributed by atoms with van der Waals surface area (Å²) in [7, 11) is 1.25. The van der Waals surface area contributed by atoms with Gasteiger partial charge in [0.05, 0.1) is 7.11 Å². The van der Waals surface area contributed by atoms with Crippen molar-refractivity contribution < 1.29 is 18.7 Å². The molecule has 82 valence electrons. The molecule has 0 saturated carbocycles. The molecule has 0 saturated heterocycles. The van der Waals surface area contributed by atoms with Crippen LogP contribution in [0.25, 0.3) is 0 Å². The smallest absolute Gasteiger partial charge is 0.346 e. The zero-order valence-electron chi connectivity index (χ0n) is 8.29. The van der Waals surface area contributed by atoms with E-state index in [-0.39, 0.29) is 5.75 Å². The molecule has 1 rings (SSSR count). The highest BCUT2D eigenvalue weighted by molar-refractivity contribution is 9.10. The number of carbonyl (C=O) groups excluding carboxylic acids is 1. The Morgan fingerprint density at radius 1 is 1.53 bits per heavy atom. The van der Waals surface area contributed by atoms with Crippen LogP contribution in [0.3, 0.4) is 0 Å². The molecule has 3 nitrogen and oxygen atoms in total. The van der Waals surface area contributed by atoms with E-state index in [0.29, 0.717) is 4.47 Å². The molecule has 1 atom stereocenters. The third-order valence-corrected chi connectivity index (χ3v) is 2.22. The Morgan fingerprint density at radius 3 is 2.73 bits per heavy atom. The van der Waals surface area contributed by atoms with Gasteiger partial charge in [-0.15, -0.1) is 0 Å². The molecular weight excluding hydrogens is 267 g/mol. The first-order valence-corrected chi connectivity index (χ1v) is 5.03. The van der Waals surface area contributed by atoms with Gasteiger partial charge in [-0.1, -0.05) is 15.9 Å². The van der Waals surface area contributed by atoms with Gasteiger partial charge in [0.25, 0.3) is 0 Å². The van der Waals surface area contributed by atoms with E-state index in [1.807, 2.05) is 0 Å². The summed E-state index contributed by atoms with van der Waals surface area (Å²) >= 11 is 3.12. The minimum absolute atomic E-state index is 0.0242. The zero-order chi connectivity index (χ0) is 11.4. The van der Waals surface area contributed by atoms with Crippen LogP contribution in [0.15, 0.2) is 22.7 Å². The highest BCUT2D eigenvalue weighted by Crippen LogP contribution is 2.22. The van der Waals surface area contributed by atoms with Crippen molar-refractivity contribution in [2.75, 3.05) is 7.11 Å². The minimum Gasteiger partial charge on any atom is -0.476 e. The summed E-state index contributed by atoms with van der Waals surface area (Å²) in [5.74, 6) is -1.05. The molecular formula is C10H10BrFO3. The molecule has 0 amide bonds. The second-order valence-corrected chi connectivity index (χ2v) is 3.77. The lowest BCUT2D eigenvalue weighted by atomic mass is 10.3. The molecule has 0 unspecified atom stereocenters. The molecule has 0 N–H and O–H groups in total. The third-order valence-electron chi connectivity index (χ3n) is 1.73. The van der Waals surface area contributed by atoms with Crippen LogP contribution in [0.1, 0.15) is 6.92 Å². The number of halogens is 2. The first-order valence-electron chi connectivity index (χ1n) is 4.24. The quantitative estimate of drug-likeness (QED) is 0.796. The average molecular weight is 277 g/mol. The first-order chi connectivity index (χ1) is 7.04. The van der Waals surface area contributed by atoms with Crippen LogP contribution in [0.4, 0.5) is 4.39 Å². The number of hydrogen-bond donors (Lipinski definition) is 0. The van der Waals surface area contributed by atoms with E-state index < -0.39 is 17.9 Å². The van der Waals surface area contributed by atoms with Gasteiger partial charge >= 0.3 is 5.97 Å². The van der Waals surface area contributed by atoms with Gasteiger partial charge < -0.3 is 9.47 Å². The zero-order valence-corrected chi connectivity index (χ0v) is 9.88. The molecule has 0 radical (unpaired) electrons. The SMILES string of the molecule is COC(=O)[C@@H](C)Oc1ccc(Br)cc1F. The third kappa shape index (κ3) is 3.20. The van der Waals surface area contributed by atoms with Crippen molar-refractivity contribution in [2.45, 2.75) is 13.0 Å². The normalized spacial score (nSPS) is 12.0. The maximum Gasteiger partial charge on any atom is 0.346 e. The average Bonchev–Trinajstić information content (AvgIpc) is 2.20. The lowest BCUT2D eigenvalue weighted by Crippen LogP contribution is -2.25. The van der Waals surface area contributed by atoms with Crippen molar-refractivity contribution in [3.63, 3.8) is 0 Å². The molecule has 0 aromatic heterocycles. The number of methoxy groups -OCH3 is 1. The van der Waals surface area contributed by atoms with Gasteiger partial charge in [-0.05, 0) is 25.1 Å². The molecule has 5 heteroatoms. The van der Waals surface area contributed by atoms with Crippen molar-refractivity contribution in [3.05, 3.63) is 28.5 Å². The highest BCUT2D eigenvalue weighted by Gasteiger charge is 2.16. The topological polar surface area (TPSA) is 35.5 Å². The van der Waals surface area contributed by atoms with E-state index in [0.717, 1.165) is 0 Å². The highest BCUT2D eigenvalue weighted by atomic mass is 79.9. The summed E-state index contributed by atoms with van der Waals surface area (Å²) < 4.78 is 23.4. The maximum atomic E-state index is 13.3. The summed E-state index contributed by atoms with van der Waals surface area (Å²) in [4.78, 5) is 11.0. The van der Waals surface area contributed by atoms with E-state index in [1.54, 1.807) is 6.07 Å². The van der Waals surface area contributed by atoms with Gasteiger partial charge in [-0.25, -0.2) is 9.18 Å². The summed E-state index contributed by atoms with van der Waals surface area (Å²) in [5, 5.41) is 0. The van der Waals surface area contributed by atoms with Gasteiger partial charge in [0.15, 0.2) is 17.7 Å². The predicted molar refractivity (Wildman–Crippen MR) is 56.2 cm³/mol. The largest absolute Gasteiger partial charge is 0.476 e. The van der Waals surface area contributed by atoms with Gasteiger partial charge in [0.2, 0.25) is 0 Å². The van der Waals surface area contributed by atoms with E-state index in [2.05, 4.69) is 20.7 Å². The van der Waals surface area contributed by atoms with Gasteiger partial charge in [-0.3, -0.25) is 0 Å². The van der Waals surface area contributed by atoms with E-state index in [9.17, 15) is 9.18 Å². The van der Waals surface area contributed by atoms with Crippen molar-refractivity contribution in [2.24, 2.45) is 0 Å². The number of rotatable bonds is 3. The number of benzene rings is 1. The molecule has 0 aliphatic heterocycles. The Hall–Kier alpha value is -1.10. The Balaban J connectivity index is 2.76. The van der Waals surface area contributed by atoms with Crippen LogP contribution in [-0.2, 0) is 9.53 Å². The van der Waals surface area contributed by atoms with E-state index >= 15 is 0 Å². The Bertz CT molecular complexity index is 368. The standard InChI is InChI=1S/C10H10BrFO3/c1-6(10(13)14-2)15-9-4-3-7(11)5-8(9)12/h3-6H,1-2H3/t6-/m1/s1. The van der Waals surface area contributed by atoms with Crippen LogP contribution >= 0.6 is 15.9 Å². The molecule has 1 aromatic carbocycles. The van der Waals surface area contributed by atoms with Crippen LogP contribution in [0.2, 0.25) is 0 Å². The first kappa shape index (κ1) is 12.0. The monoisotopic (exact) mass is 276 g/mol. The second kappa shape index (κ2) is 5.11. The molecule has 0 aliphatic carbocycles. The fourth-order valence-corrected chi connectivity index (χ4v) is 1.31. The summed E-state index contributed by atoms with van der Waals surface area (Å²) in [6, 6.07) is 4.33. The fourth-order valence-electron chi connectivity index (χ4n) is 0.975. The molecule has 15 heavy (non-hydrogen) atoms. The van der Waals surface area contributed by atoms with Crippen molar-refractivity contribution in [1.29, 1.82) is 0 Å². The number of hydrogen-bond acceptors (Lipinski definition) is 3. The fraction of sp³-hybridized carbons (Fsp3) is 0.300. The van der Waals surface area contributed by atoms with Crippen LogP contribution in [-0.4, -0.2) is 19.2 Å². The van der Waals surface area contributed by atoms with Crippen molar-refractivity contribution in [1.82, 2.24) is 0 Å². The van der Waals surface area contributed by atoms with E-state index in [4.69, 9.17) is 4.74 Å². The number of esters is 1. The summed E-state index contributed by atoms with van der Waals surface area (Å²) in [5.41, 5.74) is 0. The molecule has 0 heterocycles. The summed E-state index contributed by atoms with van der Waals surface area (Å²) in [6.07, 6.45) is -0.828. The maximum absolute atomic E-state index is 13.3. The van der Waals surface area contributed by atoms with Gasteiger partial charge in [-0.2, -0.15) is 0 Å². The van der Waals surface area contributed by atoms with Gasteiger partial charge in [0, 0.05) is 4.47 Å². The minimum atomic E-state index is -0.828. The van der Waals surface area contributed by atoms with Crippen molar-refractivity contribution >= 4 is 21.9 Å². The number of carbonyl (C=O) groups is 1. The van der Waals surface area contributed by atoms with Crippen molar-refractivity contribution in [3.8, 4) is 5.75 Å². The van der Waals surface area contributed by atoms with Crippen LogP contribution < -0.4 is 4.74 Å². The van der Waals surface area contributed by atoms with Crippen LogP contribution in [0.5, 0.6) is 5.75 Å². The molecule has 0 bridgehead atoms. The van der Waals surface area contributed by atoms with E-state index in [1.165, 1.54) is 26.2 Å². The second-order valence-electron chi connectivity index (χ2n) is 2.86. The predicted octanol–water partition coefficient (Wildman–Crippen LogP) is 2.53. The lowest BCUT2D eigenvalue weighted by Gasteiger charge is -2.12. The Kier molecular flexibility index (Phi) is 4.08. The molecule has 0 fully saturated rings. The molecule has 0 spiro atoms. The Labute approximate surface area is 95.3 Å². The lowest BCUT2D eigenvalue weighted by molar-refractivity contribution is -0.148.